The van der Waals surface area contributed by atoms with Crippen molar-refractivity contribution < 1.29 is 19.1 Å². The van der Waals surface area contributed by atoms with Crippen molar-refractivity contribution in [2.75, 3.05) is 17.3 Å². The highest BCUT2D eigenvalue weighted by Crippen LogP contribution is 2.31. The van der Waals surface area contributed by atoms with Crippen LogP contribution in [0.5, 0.6) is 0 Å². The number of rotatable bonds is 5. The number of hydrogen-bond acceptors (Lipinski definition) is 5. The van der Waals surface area contributed by atoms with Crippen LogP contribution >= 0.6 is 11.8 Å². The van der Waals surface area contributed by atoms with E-state index in [4.69, 9.17) is 4.74 Å². The summed E-state index contributed by atoms with van der Waals surface area (Å²) in [6.07, 6.45) is 0.121. The van der Waals surface area contributed by atoms with E-state index in [0.29, 0.717) is 12.3 Å². The third-order valence-corrected chi connectivity index (χ3v) is 4.58. The van der Waals surface area contributed by atoms with Gasteiger partial charge in [0.2, 0.25) is 11.8 Å². The van der Waals surface area contributed by atoms with Gasteiger partial charge in [-0.2, -0.15) is 0 Å². The Hall–Kier alpha value is -1.82. The molecule has 0 saturated carbocycles. The standard InChI is InChI=1S/C16H19NO4S/c1-4-21-15(19)9-22-13-8-14(18)17(16(13)20)12-6-5-10(2)7-11(12)3/h5-7,13H,4,8-9H2,1-3H3. The molecule has 1 saturated heterocycles. The second kappa shape index (κ2) is 6.96. The van der Waals surface area contributed by atoms with Gasteiger partial charge in [0.25, 0.3) is 0 Å². The second-order valence-electron chi connectivity index (χ2n) is 5.17. The molecule has 1 atom stereocenters. The lowest BCUT2D eigenvalue weighted by molar-refractivity contribution is -0.139. The zero-order chi connectivity index (χ0) is 16.3. The summed E-state index contributed by atoms with van der Waals surface area (Å²) in [6, 6.07) is 5.61. The quantitative estimate of drug-likeness (QED) is 0.615. The highest BCUT2D eigenvalue weighted by Gasteiger charge is 2.40. The van der Waals surface area contributed by atoms with E-state index in [1.165, 1.54) is 4.90 Å². The van der Waals surface area contributed by atoms with Gasteiger partial charge in [-0.3, -0.25) is 14.4 Å². The first-order chi connectivity index (χ1) is 10.4. The van der Waals surface area contributed by atoms with Gasteiger partial charge in [-0.25, -0.2) is 4.90 Å². The van der Waals surface area contributed by atoms with Crippen molar-refractivity contribution in [3.63, 3.8) is 0 Å². The van der Waals surface area contributed by atoms with Gasteiger partial charge in [0.1, 0.15) is 0 Å². The van der Waals surface area contributed by atoms with E-state index in [1.807, 2.05) is 26.0 Å². The van der Waals surface area contributed by atoms with E-state index in [-0.39, 0.29) is 30.0 Å². The number of hydrogen-bond donors (Lipinski definition) is 0. The molecule has 0 bridgehead atoms. The molecule has 1 fully saturated rings. The van der Waals surface area contributed by atoms with E-state index in [0.717, 1.165) is 22.9 Å². The smallest absolute Gasteiger partial charge is 0.315 e. The zero-order valence-corrected chi connectivity index (χ0v) is 13.7. The Morgan fingerprint density at radius 2 is 2.09 bits per heavy atom. The van der Waals surface area contributed by atoms with Crippen LogP contribution in [0.1, 0.15) is 24.5 Å². The first kappa shape index (κ1) is 16.5. The molecule has 2 amide bonds. The molecule has 118 valence electrons. The molecule has 22 heavy (non-hydrogen) atoms. The third kappa shape index (κ3) is 3.50. The molecule has 0 aromatic heterocycles. The fraction of sp³-hybridized carbons (Fsp3) is 0.438. The highest BCUT2D eigenvalue weighted by atomic mass is 32.2. The molecule has 5 nitrogen and oxygen atoms in total. The molecule has 1 heterocycles. The molecule has 1 aliphatic rings. The number of benzene rings is 1. The molecule has 0 spiro atoms. The molecule has 2 rings (SSSR count). The van der Waals surface area contributed by atoms with Crippen LogP contribution < -0.4 is 4.90 Å². The first-order valence-corrected chi connectivity index (χ1v) is 8.20. The Labute approximate surface area is 134 Å². The third-order valence-electron chi connectivity index (χ3n) is 3.41. The van der Waals surface area contributed by atoms with Crippen LogP contribution in [0.25, 0.3) is 0 Å². The number of thioether (sulfide) groups is 1. The summed E-state index contributed by atoms with van der Waals surface area (Å²) >= 11 is 1.16. The van der Waals surface area contributed by atoms with Crippen LogP contribution in [-0.2, 0) is 19.1 Å². The molecule has 1 aromatic rings. The SMILES string of the molecule is CCOC(=O)CSC1CC(=O)N(c2ccc(C)cc2C)C1=O. The van der Waals surface area contributed by atoms with Crippen LogP contribution in [0.2, 0.25) is 0 Å². The van der Waals surface area contributed by atoms with Gasteiger partial charge in [0.15, 0.2) is 0 Å². The largest absolute Gasteiger partial charge is 0.465 e. The lowest BCUT2D eigenvalue weighted by Crippen LogP contribution is -2.32. The van der Waals surface area contributed by atoms with Crippen LogP contribution in [-0.4, -0.2) is 35.4 Å². The molecule has 0 N–H and O–H groups in total. The summed E-state index contributed by atoms with van der Waals surface area (Å²) in [5.41, 5.74) is 2.59. The number of amides is 2. The van der Waals surface area contributed by atoms with Crippen molar-refractivity contribution in [3.8, 4) is 0 Å². The summed E-state index contributed by atoms with van der Waals surface area (Å²) < 4.78 is 4.84. The van der Waals surface area contributed by atoms with Crippen molar-refractivity contribution in [1.82, 2.24) is 0 Å². The van der Waals surface area contributed by atoms with Crippen molar-refractivity contribution >= 4 is 35.2 Å². The highest BCUT2D eigenvalue weighted by molar-refractivity contribution is 8.01. The summed E-state index contributed by atoms with van der Waals surface area (Å²) in [4.78, 5) is 37.2. The van der Waals surface area contributed by atoms with Crippen molar-refractivity contribution in [2.24, 2.45) is 0 Å². The minimum Gasteiger partial charge on any atom is -0.465 e. The number of anilines is 1. The minimum absolute atomic E-state index is 0.0816. The topological polar surface area (TPSA) is 63.7 Å². The Kier molecular flexibility index (Phi) is 5.24. The number of imide groups is 1. The maximum absolute atomic E-state index is 12.5. The predicted molar refractivity (Wildman–Crippen MR) is 85.9 cm³/mol. The Bertz CT molecular complexity index is 614. The first-order valence-electron chi connectivity index (χ1n) is 7.15. The Morgan fingerprint density at radius 1 is 1.36 bits per heavy atom. The molecule has 1 aromatic carbocycles. The zero-order valence-electron chi connectivity index (χ0n) is 12.9. The molecule has 0 aliphatic carbocycles. The summed E-state index contributed by atoms with van der Waals surface area (Å²) in [5, 5.41) is -0.516. The van der Waals surface area contributed by atoms with E-state index < -0.39 is 5.25 Å². The van der Waals surface area contributed by atoms with Crippen molar-refractivity contribution in [3.05, 3.63) is 29.3 Å². The van der Waals surface area contributed by atoms with Gasteiger partial charge in [-0.05, 0) is 32.4 Å². The van der Waals surface area contributed by atoms with Gasteiger partial charge in [-0.1, -0.05) is 17.7 Å². The fourth-order valence-corrected chi connectivity index (χ4v) is 3.34. The second-order valence-corrected chi connectivity index (χ2v) is 6.36. The molecular formula is C16H19NO4S. The van der Waals surface area contributed by atoms with Crippen molar-refractivity contribution in [1.29, 1.82) is 0 Å². The normalized spacial score (nSPS) is 18.0. The lowest BCUT2D eigenvalue weighted by atomic mass is 10.1. The number of ether oxygens (including phenoxy) is 1. The average molecular weight is 321 g/mol. The van der Waals surface area contributed by atoms with Crippen LogP contribution in [0, 0.1) is 13.8 Å². The van der Waals surface area contributed by atoms with E-state index in [2.05, 4.69) is 0 Å². The molecule has 0 radical (unpaired) electrons. The maximum atomic E-state index is 12.5. The number of nitrogens with zero attached hydrogens (tertiary/aromatic N) is 1. The monoisotopic (exact) mass is 321 g/mol. The number of carbonyl (C=O) groups is 3. The summed E-state index contributed by atoms with van der Waals surface area (Å²) in [6.45, 7) is 5.88. The molecular weight excluding hydrogens is 302 g/mol. The summed E-state index contributed by atoms with van der Waals surface area (Å²) in [7, 11) is 0. The van der Waals surface area contributed by atoms with Crippen molar-refractivity contribution in [2.45, 2.75) is 32.4 Å². The lowest BCUT2D eigenvalue weighted by Gasteiger charge is -2.17. The van der Waals surface area contributed by atoms with Crippen LogP contribution in [0.3, 0.4) is 0 Å². The fourth-order valence-electron chi connectivity index (χ4n) is 2.41. The van der Waals surface area contributed by atoms with Gasteiger partial charge in [0, 0.05) is 6.42 Å². The van der Waals surface area contributed by atoms with E-state index in [1.54, 1.807) is 13.0 Å². The average Bonchev–Trinajstić information content (AvgIpc) is 2.72. The molecule has 1 aliphatic heterocycles. The van der Waals surface area contributed by atoms with Crippen LogP contribution in [0.4, 0.5) is 5.69 Å². The minimum atomic E-state index is -0.516. The Morgan fingerprint density at radius 3 is 2.73 bits per heavy atom. The van der Waals surface area contributed by atoms with Gasteiger partial charge in [-0.15, -0.1) is 11.8 Å². The summed E-state index contributed by atoms with van der Waals surface area (Å²) in [5.74, 6) is -0.764. The molecule has 6 heteroatoms. The maximum Gasteiger partial charge on any atom is 0.315 e. The number of carbonyl (C=O) groups excluding carboxylic acids is 3. The van der Waals surface area contributed by atoms with E-state index in [9.17, 15) is 14.4 Å². The molecule has 1 unspecified atom stereocenters. The predicted octanol–water partition coefficient (Wildman–Crippen LogP) is 2.23. The van der Waals surface area contributed by atoms with E-state index >= 15 is 0 Å². The van der Waals surface area contributed by atoms with Gasteiger partial charge >= 0.3 is 5.97 Å². The van der Waals surface area contributed by atoms with Gasteiger partial charge in [0.05, 0.1) is 23.3 Å². The Balaban J connectivity index is 2.10. The number of aryl methyl sites for hydroxylation is 2. The number of esters is 1. The van der Waals surface area contributed by atoms with Crippen LogP contribution in [0.15, 0.2) is 18.2 Å². The van der Waals surface area contributed by atoms with Gasteiger partial charge < -0.3 is 4.74 Å².